The van der Waals surface area contributed by atoms with Gasteiger partial charge in [0.15, 0.2) is 0 Å². The first-order valence-corrected chi connectivity index (χ1v) is 9.48. The zero-order chi connectivity index (χ0) is 19.7. The van der Waals surface area contributed by atoms with E-state index in [2.05, 4.69) is 9.47 Å². The molecule has 1 atom stereocenters. The maximum atomic E-state index is 13.3. The molecule has 5 nitrogen and oxygen atoms in total. The van der Waals surface area contributed by atoms with Crippen molar-refractivity contribution >= 4 is 17.3 Å². The van der Waals surface area contributed by atoms with E-state index >= 15 is 0 Å². The molecule has 0 saturated heterocycles. The molecule has 2 heterocycles. The maximum absolute atomic E-state index is 13.3. The van der Waals surface area contributed by atoms with E-state index in [0.717, 1.165) is 30.8 Å². The Hall–Kier alpha value is -2.70. The van der Waals surface area contributed by atoms with Crippen molar-refractivity contribution in [3.8, 4) is 0 Å². The second kappa shape index (κ2) is 7.73. The molecule has 0 spiro atoms. The molecular formula is C21H19ClFN3O2. The lowest BCUT2D eigenvalue weighted by molar-refractivity contribution is -0.384. The molecule has 7 heteroatoms. The minimum Gasteiger partial charge on any atom is -0.350 e. The van der Waals surface area contributed by atoms with Crippen LogP contribution in [0.2, 0.25) is 5.02 Å². The molecule has 0 fully saturated rings. The summed E-state index contributed by atoms with van der Waals surface area (Å²) in [6.45, 7) is 2.25. The number of halogens is 2. The molecule has 1 unspecified atom stereocenters. The molecule has 0 saturated carbocycles. The van der Waals surface area contributed by atoms with Crippen molar-refractivity contribution in [1.29, 1.82) is 0 Å². The van der Waals surface area contributed by atoms with Gasteiger partial charge in [-0.3, -0.25) is 15.0 Å². The number of aromatic nitrogens is 1. The summed E-state index contributed by atoms with van der Waals surface area (Å²) < 4.78 is 15.5. The molecule has 0 aliphatic carbocycles. The summed E-state index contributed by atoms with van der Waals surface area (Å²) in [5.41, 5.74) is 2.75. The third-order valence-corrected chi connectivity index (χ3v) is 5.48. The SMILES string of the molecule is O=[N+]([O-])c1ccc(Cl)c(C2c3cccn3CCCN2Cc2ccc(F)cc2)c1. The standard InChI is InChI=1S/C21H19ClFN3O2/c22-19-9-8-17(26(27)28)13-18(19)21-20-3-1-10-24(20)11-2-12-25(21)14-15-4-6-16(23)7-5-15/h1,3-10,13,21H,2,11-12,14H2. The van der Waals surface area contributed by atoms with Gasteiger partial charge in [-0.1, -0.05) is 23.7 Å². The number of nitro benzene ring substituents is 1. The number of benzene rings is 2. The molecule has 28 heavy (non-hydrogen) atoms. The highest BCUT2D eigenvalue weighted by atomic mass is 35.5. The van der Waals surface area contributed by atoms with E-state index in [4.69, 9.17) is 11.6 Å². The molecule has 144 valence electrons. The van der Waals surface area contributed by atoms with Crippen LogP contribution in [0.4, 0.5) is 10.1 Å². The number of hydrogen-bond acceptors (Lipinski definition) is 3. The number of rotatable bonds is 4. The number of nitrogens with zero attached hydrogens (tertiary/aromatic N) is 3. The Labute approximate surface area is 167 Å². The van der Waals surface area contributed by atoms with Crippen LogP contribution in [0.5, 0.6) is 0 Å². The van der Waals surface area contributed by atoms with Crippen LogP contribution in [0.3, 0.4) is 0 Å². The van der Waals surface area contributed by atoms with Crippen LogP contribution in [-0.4, -0.2) is 20.9 Å². The highest BCUT2D eigenvalue weighted by molar-refractivity contribution is 6.31. The Bertz CT molecular complexity index is 1000. The Kier molecular flexibility index (Phi) is 5.15. The first-order valence-electron chi connectivity index (χ1n) is 9.10. The Morgan fingerprint density at radius 1 is 1.14 bits per heavy atom. The predicted molar refractivity (Wildman–Crippen MR) is 106 cm³/mol. The molecular weight excluding hydrogens is 381 g/mol. The van der Waals surface area contributed by atoms with Gasteiger partial charge < -0.3 is 4.57 Å². The van der Waals surface area contributed by atoms with Gasteiger partial charge in [-0.15, -0.1) is 0 Å². The molecule has 0 bridgehead atoms. The van der Waals surface area contributed by atoms with Gasteiger partial charge in [0.2, 0.25) is 0 Å². The zero-order valence-corrected chi connectivity index (χ0v) is 15.8. The first kappa shape index (κ1) is 18.7. The minimum absolute atomic E-state index is 0.0171. The number of nitro groups is 1. The molecule has 1 aromatic heterocycles. The summed E-state index contributed by atoms with van der Waals surface area (Å²) in [4.78, 5) is 13.2. The highest BCUT2D eigenvalue weighted by Crippen LogP contribution is 2.38. The molecule has 0 amide bonds. The summed E-state index contributed by atoms with van der Waals surface area (Å²) in [5, 5.41) is 11.8. The smallest absolute Gasteiger partial charge is 0.269 e. The second-order valence-corrected chi connectivity index (χ2v) is 7.35. The topological polar surface area (TPSA) is 51.3 Å². The maximum Gasteiger partial charge on any atom is 0.269 e. The van der Waals surface area contributed by atoms with E-state index in [1.807, 2.05) is 18.3 Å². The van der Waals surface area contributed by atoms with Crippen molar-refractivity contribution in [3.05, 3.63) is 98.6 Å². The number of non-ortho nitro benzene ring substituents is 1. The summed E-state index contributed by atoms with van der Waals surface area (Å²) in [6, 6.07) is 14.8. The summed E-state index contributed by atoms with van der Waals surface area (Å²) in [6.07, 6.45) is 2.96. The van der Waals surface area contributed by atoms with Gasteiger partial charge in [0.25, 0.3) is 5.69 Å². The van der Waals surface area contributed by atoms with Gasteiger partial charge in [-0.05, 0) is 42.3 Å². The Morgan fingerprint density at radius 3 is 2.68 bits per heavy atom. The minimum atomic E-state index is -0.403. The van der Waals surface area contributed by atoms with E-state index in [1.54, 1.807) is 24.3 Å². The van der Waals surface area contributed by atoms with Crippen molar-refractivity contribution in [3.63, 3.8) is 0 Å². The lowest BCUT2D eigenvalue weighted by Gasteiger charge is -2.31. The quantitative estimate of drug-likeness (QED) is 0.448. The van der Waals surface area contributed by atoms with Crippen LogP contribution in [0, 0.1) is 15.9 Å². The van der Waals surface area contributed by atoms with Crippen LogP contribution in [-0.2, 0) is 13.1 Å². The monoisotopic (exact) mass is 399 g/mol. The van der Waals surface area contributed by atoms with E-state index < -0.39 is 4.92 Å². The van der Waals surface area contributed by atoms with Crippen molar-refractivity contribution in [2.24, 2.45) is 0 Å². The fourth-order valence-electron chi connectivity index (χ4n) is 3.84. The van der Waals surface area contributed by atoms with E-state index in [0.29, 0.717) is 17.1 Å². The van der Waals surface area contributed by atoms with Gasteiger partial charge in [0.1, 0.15) is 5.82 Å². The summed E-state index contributed by atoms with van der Waals surface area (Å²) in [7, 11) is 0. The van der Waals surface area contributed by atoms with Gasteiger partial charge >= 0.3 is 0 Å². The third kappa shape index (κ3) is 3.66. The van der Waals surface area contributed by atoms with Crippen molar-refractivity contribution in [2.45, 2.75) is 25.6 Å². The fourth-order valence-corrected chi connectivity index (χ4v) is 4.07. The number of aryl methyl sites for hydroxylation is 1. The largest absolute Gasteiger partial charge is 0.350 e. The van der Waals surface area contributed by atoms with Gasteiger partial charge in [-0.25, -0.2) is 4.39 Å². The molecule has 3 aromatic rings. The van der Waals surface area contributed by atoms with Crippen LogP contribution >= 0.6 is 11.6 Å². The first-order chi connectivity index (χ1) is 13.5. The molecule has 1 aliphatic heterocycles. The van der Waals surface area contributed by atoms with Crippen LogP contribution in [0.25, 0.3) is 0 Å². The lowest BCUT2D eigenvalue weighted by Crippen LogP contribution is -2.29. The normalized spacial score (nSPS) is 17.1. The predicted octanol–water partition coefficient (Wildman–Crippen LogP) is 5.18. The van der Waals surface area contributed by atoms with Gasteiger partial charge in [0, 0.05) is 54.2 Å². The second-order valence-electron chi connectivity index (χ2n) is 6.94. The summed E-state index contributed by atoms with van der Waals surface area (Å²) >= 11 is 6.50. The number of hydrogen-bond donors (Lipinski definition) is 0. The lowest BCUT2D eigenvalue weighted by atomic mass is 10.00. The number of fused-ring (bicyclic) bond motifs is 1. The van der Waals surface area contributed by atoms with Crippen molar-refractivity contribution in [2.75, 3.05) is 6.54 Å². The molecule has 0 radical (unpaired) electrons. The Balaban J connectivity index is 1.80. The molecule has 2 aromatic carbocycles. The van der Waals surface area contributed by atoms with Gasteiger partial charge in [0.05, 0.1) is 11.0 Å². The van der Waals surface area contributed by atoms with E-state index in [1.165, 1.54) is 18.2 Å². The van der Waals surface area contributed by atoms with E-state index in [9.17, 15) is 14.5 Å². The summed E-state index contributed by atoms with van der Waals surface area (Å²) in [5.74, 6) is -0.272. The molecule has 1 aliphatic rings. The van der Waals surface area contributed by atoms with E-state index in [-0.39, 0.29) is 17.5 Å². The molecule has 0 N–H and O–H groups in total. The van der Waals surface area contributed by atoms with Crippen LogP contribution in [0.1, 0.15) is 29.3 Å². The van der Waals surface area contributed by atoms with Crippen LogP contribution in [0.15, 0.2) is 60.8 Å². The third-order valence-electron chi connectivity index (χ3n) is 5.14. The Morgan fingerprint density at radius 2 is 1.93 bits per heavy atom. The highest BCUT2D eigenvalue weighted by Gasteiger charge is 2.30. The van der Waals surface area contributed by atoms with Crippen molar-refractivity contribution in [1.82, 2.24) is 9.47 Å². The van der Waals surface area contributed by atoms with Gasteiger partial charge in [-0.2, -0.15) is 0 Å². The fraction of sp³-hybridized carbons (Fsp3) is 0.238. The van der Waals surface area contributed by atoms with Crippen LogP contribution < -0.4 is 0 Å². The average molecular weight is 400 g/mol. The van der Waals surface area contributed by atoms with Crippen molar-refractivity contribution < 1.29 is 9.31 Å². The molecule has 4 rings (SSSR count). The zero-order valence-electron chi connectivity index (χ0n) is 15.1. The average Bonchev–Trinajstić information content (AvgIpc) is 3.06.